The van der Waals surface area contributed by atoms with Crippen LogP contribution in [0.1, 0.15) is 38.5 Å². The van der Waals surface area contributed by atoms with Crippen LogP contribution in [0.5, 0.6) is 0 Å². The van der Waals surface area contributed by atoms with E-state index in [1.54, 1.807) is 6.07 Å². The molecule has 0 heterocycles. The highest BCUT2D eigenvalue weighted by Gasteiger charge is 2.60. The molecule has 5 nitrogen and oxygen atoms in total. The van der Waals surface area contributed by atoms with E-state index in [0.717, 1.165) is 32.1 Å². The van der Waals surface area contributed by atoms with E-state index in [1.807, 2.05) is 0 Å². The second-order valence-corrected chi connectivity index (χ2v) is 9.13. The van der Waals surface area contributed by atoms with Gasteiger partial charge < -0.3 is 15.2 Å². The Morgan fingerprint density at radius 2 is 1.96 bits per heavy atom. The zero-order valence-electron chi connectivity index (χ0n) is 14.3. The maximum atomic E-state index is 13.8. The third-order valence-corrected chi connectivity index (χ3v) is 6.50. The summed E-state index contributed by atoms with van der Waals surface area (Å²) in [4.78, 5) is 24.7. The lowest BCUT2D eigenvalue weighted by Crippen LogP contribution is -2.58. The molecule has 4 aliphatic rings. The number of halogens is 2. The Morgan fingerprint density at radius 1 is 1.27 bits per heavy atom. The lowest BCUT2D eigenvalue weighted by atomic mass is 9.48. The van der Waals surface area contributed by atoms with Crippen molar-refractivity contribution in [3.63, 3.8) is 0 Å². The molecular formula is C19H21BrFNO4. The maximum Gasteiger partial charge on any atom is 0.312 e. The molecule has 0 saturated heterocycles. The largest absolute Gasteiger partial charge is 0.455 e. The van der Waals surface area contributed by atoms with Gasteiger partial charge in [0.25, 0.3) is 5.91 Å². The van der Waals surface area contributed by atoms with Crippen LogP contribution in [0, 0.1) is 23.1 Å². The molecule has 0 radical (unpaired) electrons. The summed E-state index contributed by atoms with van der Waals surface area (Å²) >= 11 is 3.15. The summed E-state index contributed by atoms with van der Waals surface area (Å²) in [6, 6.07) is 4.30. The molecule has 1 amide bonds. The highest BCUT2D eigenvalue weighted by Crippen LogP contribution is 2.61. The van der Waals surface area contributed by atoms with Crippen molar-refractivity contribution >= 4 is 33.5 Å². The third-order valence-electron chi connectivity index (χ3n) is 6.00. The van der Waals surface area contributed by atoms with Crippen molar-refractivity contribution in [1.29, 1.82) is 0 Å². The molecule has 2 unspecified atom stereocenters. The summed E-state index contributed by atoms with van der Waals surface area (Å²) in [7, 11) is 0. The number of rotatable bonds is 4. The summed E-state index contributed by atoms with van der Waals surface area (Å²) in [5.41, 5.74) is -1.38. The Labute approximate surface area is 159 Å². The van der Waals surface area contributed by atoms with E-state index < -0.39 is 35.3 Å². The summed E-state index contributed by atoms with van der Waals surface area (Å²) in [6.45, 7) is -0.455. The van der Waals surface area contributed by atoms with Crippen molar-refractivity contribution in [1.82, 2.24) is 0 Å². The predicted octanol–water partition coefficient (Wildman–Crippen LogP) is 3.40. The van der Waals surface area contributed by atoms with Crippen LogP contribution in [-0.2, 0) is 14.3 Å². The minimum absolute atomic E-state index is 0.0402. The van der Waals surface area contributed by atoms with Gasteiger partial charge in [0.2, 0.25) is 0 Å². The summed E-state index contributed by atoms with van der Waals surface area (Å²) in [5.74, 6) is -0.833. The van der Waals surface area contributed by atoms with Crippen molar-refractivity contribution in [2.24, 2.45) is 17.3 Å². The SMILES string of the molecule is O=C(COC(=O)C12C[C@@H]3C[C@@H](CC(O)(C3)C1)C2)Nc1ccc(Br)cc1F. The van der Waals surface area contributed by atoms with Gasteiger partial charge in [-0.2, -0.15) is 0 Å². The minimum atomic E-state index is -0.758. The highest BCUT2D eigenvalue weighted by molar-refractivity contribution is 9.10. The summed E-state index contributed by atoms with van der Waals surface area (Å²) < 4.78 is 19.6. The summed E-state index contributed by atoms with van der Waals surface area (Å²) in [6.07, 6.45) is 4.49. The first-order chi connectivity index (χ1) is 12.3. The molecule has 5 rings (SSSR count). The van der Waals surface area contributed by atoms with E-state index in [4.69, 9.17) is 4.74 Å². The topological polar surface area (TPSA) is 75.6 Å². The molecular weight excluding hydrogens is 405 g/mol. The second-order valence-electron chi connectivity index (χ2n) is 8.21. The number of carbonyl (C=O) groups excluding carboxylic acids is 2. The van der Waals surface area contributed by atoms with Gasteiger partial charge in [0.1, 0.15) is 5.82 Å². The van der Waals surface area contributed by atoms with E-state index in [-0.39, 0.29) is 5.69 Å². The van der Waals surface area contributed by atoms with Crippen molar-refractivity contribution < 1.29 is 23.8 Å². The number of ether oxygens (including phenoxy) is 1. The fourth-order valence-electron chi connectivity index (χ4n) is 5.51. The Balaban J connectivity index is 1.37. The van der Waals surface area contributed by atoms with Crippen LogP contribution in [0.3, 0.4) is 0 Å². The molecule has 2 N–H and O–H groups in total. The average Bonchev–Trinajstić information content (AvgIpc) is 2.53. The molecule has 0 spiro atoms. The molecule has 1 aromatic carbocycles. The number of anilines is 1. The van der Waals surface area contributed by atoms with Gasteiger partial charge in [0.15, 0.2) is 6.61 Å². The van der Waals surface area contributed by atoms with Gasteiger partial charge in [-0.15, -0.1) is 0 Å². The Bertz CT molecular complexity index is 754. The molecule has 0 aliphatic heterocycles. The van der Waals surface area contributed by atoms with Crippen LogP contribution in [0.15, 0.2) is 22.7 Å². The van der Waals surface area contributed by atoms with Crippen molar-refractivity contribution in [2.75, 3.05) is 11.9 Å². The number of aliphatic hydroxyl groups is 1. The first-order valence-electron chi connectivity index (χ1n) is 8.92. The molecule has 7 heteroatoms. The van der Waals surface area contributed by atoms with E-state index in [1.165, 1.54) is 12.1 Å². The first kappa shape index (κ1) is 17.9. The van der Waals surface area contributed by atoms with Gasteiger partial charge in [-0.1, -0.05) is 15.9 Å². The van der Waals surface area contributed by atoms with Crippen LogP contribution < -0.4 is 5.32 Å². The first-order valence-corrected chi connectivity index (χ1v) is 9.71. The molecule has 140 valence electrons. The Hall–Kier alpha value is -1.47. The number of hydrogen-bond acceptors (Lipinski definition) is 4. The number of hydrogen-bond donors (Lipinski definition) is 2. The quantitative estimate of drug-likeness (QED) is 0.724. The zero-order chi connectivity index (χ0) is 18.5. The van der Waals surface area contributed by atoms with Gasteiger partial charge in [0.05, 0.1) is 16.7 Å². The number of amides is 1. The van der Waals surface area contributed by atoms with Crippen molar-refractivity contribution in [3.8, 4) is 0 Å². The van der Waals surface area contributed by atoms with E-state index >= 15 is 0 Å². The van der Waals surface area contributed by atoms with Crippen molar-refractivity contribution in [2.45, 2.75) is 44.1 Å². The number of esters is 1. The third kappa shape index (κ3) is 3.27. The molecule has 1 aromatic rings. The zero-order valence-corrected chi connectivity index (χ0v) is 15.9. The summed E-state index contributed by atoms with van der Waals surface area (Å²) in [5, 5.41) is 13.1. The highest BCUT2D eigenvalue weighted by atomic mass is 79.9. The lowest BCUT2D eigenvalue weighted by molar-refractivity contribution is -0.196. The van der Waals surface area contributed by atoms with Gasteiger partial charge in [-0.25, -0.2) is 4.39 Å². The molecule has 4 atom stereocenters. The Kier molecular flexibility index (Phi) is 4.34. The number of nitrogens with one attached hydrogen (secondary N) is 1. The van der Waals surface area contributed by atoms with Gasteiger partial charge in [-0.3, -0.25) is 9.59 Å². The van der Waals surface area contributed by atoms with Crippen LogP contribution in [0.2, 0.25) is 0 Å². The van der Waals surface area contributed by atoms with E-state index in [2.05, 4.69) is 21.2 Å². The van der Waals surface area contributed by atoms with E-state index in [9.17, 15) is 19.1 Å². The van der Waals surface area contributed by atoms with E-state index in [0.29, 0.717) is 22.7 Å². The minimum Gasteiger partial charge on any atom is -0.455 e. The monoisotopic (exact) mass is 425 g/mol. The van der Waals surface area contributed by atoms with Crippen LogP contribution in [-0.4, -0.2) is 29.2 Å². The van der Waals surface area contributed by atoms with Gasteiger partial charge >= 0.3 is 5.97 Å². The molecule has 4 bridgehead atoms. The molecule has 4 saturated carbocycles. The number of carbonyl (C=O) groups is 2. The lowest BCUT2D eigenvalue weighted by Gasteiger charge is -2.58. The Morgan fingerprint density at radius 3 is 2.58 bits per heavy atom. The maximum absolute atomic E-state index is 13.8. The normalized spacial score (nSPS) is 34.6. The molecule has 4 fully saturated rings. The van der Waals surface area contributed by atoms with Crippen molar-refractivity contribution in [3.05, 3.63) is 28.5 Å². The number of benzene rings is 1. The standard InChI is InChI=1S/C19H21BrFNO4/c20-13-1-2-15(14(21)4-13)22-16(23)9-26-17(24)18-5-11-3-12(6-18)8-19(25,7-11)10-18/h1-2,4,11-12,25H,3,5-10H2,(H,22,23)/t11-,12+,18?,19?. The second kappa shape index (κ2) is 6.30. The van der Waals surface area contributed by atoms with Crippen LogP contribution >= 0.6 is 15.9 Å². The smallest absolute Gasteiger partial charge is 0.312 e. The molecule has 4 aliphatic carbocycles. The predicted molar refractivity (Wildman–Crippen MR) is 95.8 cm³/mol. The average molecular weight is 426 g/mol. The molecule has 26 heavy (non-hydrogen) atoms. The van der Waals surface area contributed by atoms with Gasteiger partial charge in [0, 0.05) is 4.47 Å². The fourth-order valence-corrected chi connectivity index (χ4v) is 5.85. The van der Waals surface area contributed by atoms with Crippen LogP contribution in [0.4, 0.5) is 10.1 Å². The van der Waals surface area contributed by atoms with Crippen LogP contribution in [0.25, 0.3) is 0 Å². The fraction of sp³-hybridized carbons (Fsp3) is 0.579. The molecule has 0 aromatic heterocycles. The van der Waals surface area contributed by atoms with Gasteiger partial charge in [-0.05, 0) is 68.6 Å².